The predicted octanol–water partition coefficient (Wildman–Crippen LogP) is 3.31. The van der Waals surface area contributed by atoms with Gasteiger partial charge >= 0.3 is 0 Å². The maximum Gasteiger partial charge on any atom is 0.130 e. The van der Waals surface area contributed by atoms with Crippen molar-refractivity contribution >= 4 is 17.5 Å². The molecule has 3 heteroatoms. The summed E-state index contributed by atoms with van der Waals surface area (Å²) in [6.07, 6.45) is 1.14. The molecular formula is C12H15NOS. The standard InChI is InChI=1S/C12H15NOS/c1-3-15-11-6-4-10(5-7-11)12-8-9(2)14-13-12/h4-7,9H,3,8H2,1-2H3. The van der Waals surface area contributed by atoms with Crippen molar-refractivity contribution in [2.45, 2.75) is 31.3 Å². The highest BCUT2D eigenvalue weighted by molar-refractivity contribution is 7.99. The molecule has 80 valence electrons. The Kier molecular flexibility index (Phi) is 3.31. The smallest absolute Gasteiger partial charge is 0.130 e. The molecule has 1 aliphatic rings. The first-order chi connectivity index (χ1) is 7.29. The van der Waals surface area contributed by atoms with Gasteiger partial charge in [0, 0.05) is 11.3 Å². The second kappa shape index (κ2) is 4.71. The van der Waals surface area contributed by atoms with E-state index in [1.807, 2.05) is 18.7 Å². The summed E-state index contributed by atoms with van der Waals surface area (Å²) in [4.78, 5) is 6.49. The van der Waals surface area contributed by atoms with Crippen molar-refractivity contribution in [2.75, 3.05) is 5.75 Å². The summed E-state index contributed by atoms with van der Waals surface area (Å²) < 4.78 is 0. The first-order valence-electron chi connectivity index (χ1n) is 5.25. The Labute approximate surface area is 94.7 Å². The fourth-order valence-electron chi connectivity index (χ4n) is 1.58. The minimum Gasteiger partial charge on any atom is -0.392 e. The van der Waals surface area contributed by atoms with Crippen LogP contribution in [0.5, 0.6) is 0 Å². The summed E-state index contributed by atoms with van der Waals surface area (Å²) in [5, 5.41) is 4.07. The minimum atomic E-state index is 0.227. The molecule has 0 N–H and O–H groups in total. The van der Waals surface area contributed by atoms with Gasteiger partial charge in [0.15, 0.2) is 0 Å². The van der Waals surface area contributed by atoms with E-state index in [2.05, 4.69) is 36.3 Å². The quantitative estimate of drug-likeness (QED) is 0.730. The van der Waals surface area contributed by atoms with Crippen LogP contribution in [0.15, 0.2) is 34.3 Å². The van der Waals surface area contributed by atoms with Crippen LogP contribution in [0.2, 0.25) is 0 Å². The van der Waals surface area contributed by atoms with Crippen LogP contribution < -0.4 is 0 Å². The van der Waals surface area contributed by atoms with Gasteiger partial charge in [-0.2, -0.15) is 0 Å². The summed E-state index contributed by atoms with van der Waals surface area (Å²) in [7, 11) is 0. The molecule has 1 aliphatic heterocycles. The first kappa shape index (κ1) is 10.6. The Morgan fingerprint density at radius 1 is 1.40 bits per heavy atom. The zero-order chi connectivity index (χ0) is 10.7. The van der Waals surface area contributed by atoms with Crippen molar-refractivity contribution in [3.8, 4) is 0 Å². The lowest BCUT2D eigenvalue weighted by molar-refractivity contribution is 0.0995. The molecule has 0 radical (unpaired) electrons. The van der Waals surface area contributed by atoms with Crippen LogP contribution in [-0.4, -0.2) is 17.6 Å². The fourth-order valence-corrected chi connectivity index (χ4v) is 2.24. The second-order valence-corrected chi connectivity index (χ2v) is 4.95. The molecule has 0 fully saturated rings. The minimum absolute atomic E-state index is 0.227. The Balaban J connectivity index is 2.10. The molecule has 2 rings (SSSR count). The van der Waals surface area contributed by atoms with Gasteiger partial charge in [-0.3, -0.25) is 0 Å². The average Bonchev–Trinajstić information content (AvgIpc) is 2.67. The maximum atomic E-state index is 5.18. The molecule has 0 saturated carbocycles. The van der Waals surface area contributed by atoms with E-state index >= 15 is 0 Å². The number of thioether (sulfide) groups is 1. The van der Waals surface area contributed by atoms with Gasteiger partial charge in [0.05, 0.1) is 5.71 Å². The van der Waals surface area contributed by atoms with E-state index < -0.39 is 0 Å². The molecule has 0 aliphatic carbocycles. The van der Waals surface area contributed by atoms with Crippen LogP contribution >= 0.6 is 11.8 Å². The number of oxime groups is 1. The van der Waals surface area contributed by atoms with Gasteiger partial charge in [-0.05, 0) is 30.4 Å². The van der Waals surface area contributed by atoms with Crippen molar-refractivity contribution in [3.63, 3.8) is 0 Å². The molecule has 1 atom stereocenters. The van der Waals surface area contributed by atoms with Gasteiger partial charge in [0.2, 0.25) is 0 Å². The van der Waals surface area contributed by atoms with E-state index in [0.717, 1.165) is 17.9 Å². The zero-order valence-electron chi connectivity index (χ0n) is 9.06. The molecule has 15 heavy (non-hydrogen) atoms. The van der Waals surface area contributed by atoms with E-state index in [0.29, 0.717) is 0 Å². The molecule has 0 saturated heterocycles. The number of nitrogens with zero attached hydrogens (tertiary/aromatic N) is 1. The molecule has 0 bridgehead atoms. The lowest BCUT2D eigenvalue weighted by Gasteiger charge is -2.01. The van der Waals surface area contributed by atoms with Gasteiger partial charge in [-0.1, -0.05) is 24.2 Å². The second-order valence-electron chi connectivity index (χ2n) is 3.62. The van der Waals surface area contributed by atoms with Crippen molar-refractivity contribution in [1.82, 2.24) is 0 Å². The predicted molar refractivity (Wildman–Crippen MR) is 64.5 cm³/mol. The Morgan fingerprint density at radius 3 is 2.67 bits per heavy atom. The summed E-state index contributed by atoms with van der Waals surface area (Å²) in [5.74, 6) is 1.11. The van der Waals surface area contributed by atoms with Gasteiger partial charge in [0.1, 0.15) is 6.10 Å². The van der Waals surface area contributed by atoms with Gasteiger partial charge in [0.25, 0.3) is 0 Å². The van der Waals surface area contributed by atoms with Crippen molar-refractivity contribution in [2.24, 2.45) is 5.16 Å². The van der Waals surface area contributed by atoms with E-state index in [4.69, 9.17) is 4.84 Å². The highest BCUT2D eigenvalue weighted by atomic mass is 32.2. The number of hydrogen-bond acceptors (Lipinski definition) is 3. The van der Waals surface area contributed by atoms with E-state index in [9.17, 15) is 0 Å². The maximum absolute atomic E-state index is 5.18. The first-order valence-corrected chi connectivity index (χ1v) is 6.24. The van der Waals surface area contributed by atoms with Crippen LogP contribution in [0.25, 0.3) is 0 Å². The van der Waals surface area contributed by atoms with Crippen LogP contribution in [0, 0.1) is 0 Å². The van der Waals surface area contributed by atoms with E-state index in [-0.39, 0.29) is 6.10 Å². The van der Waals surface area contributed by atoms with Gasteiger partial charge in [-0.15, -0.1) is 11.8 Å². The van der Waals surface area contributed by atoms with Gasteiger partial charge in [-0.25, -0.2) is 0 Å². The van der Waals surface area contributed by atoms with E-state index in [1.165, 1.54) is 10.5 Å². The van der Waals surface area contributed by atoms with Crippen LogP contribution in [0.1, 0.15) is 25.8 Å². The molecule has 1 heterocycles. The van der Waals surface area contributed by atoms with Crippen LogP contribution in [-0.2, 0) is 4.84 Å². The summed E-state index contributed by atoms with van der Waals surface area (Å²) >= 11 is 1.86. The summed E-state index contributed by atoms with van der Waals surface area (Å²) in [5.41, 5.74) is 2.25. The lowest BCUT2D eigenvalue weighted by atomic mass is 10.1. The number of hydrogen-bond donors (Lipinski definition) is 0. The molecular weight excluding hydrogens is 206 g/mol. The van der Waals surface area contributed by atoms with Crippen LogP contribution in [0.4, 0.5) is 0 Å². The molecule has 1 unspecified atom stereocenters. The molecule has 0 aromatic heterocycles. The highest BCUT2D eigenvalue weighted by Crippen LogP contribution is 2.21. The van der Waals surface area contributed by atoms with Crippen molar-refractivity contribution in [1.29, 1.82) is 0 Å². The number of benzene rings is 1. The number of rotatable bonds is 3. The monoisotopic (exact) mass is 221 g/mol. The summed E-state index contributed by atoms with van der Waals surface area (Å²) in [6, 6.07) is 8.54. The lowest BCUT2D eigenvalue weighted by Crippen LogP contribution is -2.02. The van der Waals surface area contributed by atoms with E-state index in [1.54, 1.807) is 0 Å². The molecule has 1 aromatic carbocycles. The molecule has 2 nitrogen and oxygen atoms in total. The fraction of sp³-hybridized carbons (Fsp3) is 0.417. The third-order valence-corrected chi connectivity index (χ3v) is 3.22. The largest absolute Gasteiger partial charge is 0.392 e. The Hall–Kier alpha value is -0.960. The van der Waals surface area contributed by atoms with Gasteiger partial charge < -0.3 is 4.84 Å². The Morgan fingerprint density at radius 2 is 2.13 bits per heavy atom. The van der Waals surface area contributed by atoms with Crippen molar-refractivity contribution < 1.29 is 4.84 Å². The average molecular weight is 221 g/mol. The summed E-state index contributed by atoms with van der Waals surface area (Å²) in [6.45, 7) is 4.20. The normalized spacial score (nSPS) is 19.9. The van der Waals surface area contributed by atoms with Crippen molar-refractivity contribution in [3.05, 3.63) is 29.8 Å². The van der Waals surface area contributed by atoms with Crippen LogP contribution in [0.3, 0.4) is 0 Å². The zero-order valence-corrected chi connectivity index (χ0v) is 9.88. The third kappa shape index (κ3) is 2.53. The molecule has 1 aromatic rings. The molecule has 0 amide bonds. The third-order valence-electron chi connectivity index (χ3n) is 2.32. The SMILES string of the molecule is CCSc1ccc(C2=NOC(C)C2)cc1. The topological polar surface area (TPSA) is 21.6 Å². The molecule has 0 spiro atoms. The Bertz CT molecular complexity index is 358. The highest BCUT2D eigenvalue weighted by Gasteiger charge is 2.17.